The Hall–Kier alpha value is -0.400. The fourth-order valence-corrected chi connectivity index (χ4v) is 1.64. The van der Waals surface area contributed by atoms with Crippen LogP contribution in [0.3, 0.4) is 0 Å². The highest BCUT2D eigenvalue weighted by Gasteiger charge is 1.99. The molecule has 0 saturated heterocycles. The average molecular weight is 173 g/mol. The summed E-state index contributed by atoms with van der Waals surface area (Å²) in [5.41, 5.74) is 5.96. The fourth-order valence-electron chi connectivity index (χ4n) is 0.635. The molecule has 0 heterocycles. The Morgan fingerprint density at radius 2 is 2.20 bits per heavy atom. The highest BCUT2D eigenvalue weighted by atomic mass is 32.7. The van der Waals surface area contributed by atoms with Crippen molar-refractivity contribution in [1.82, 2.24) is 0 Å². The summed E-state index contributed by atoms with van der Waals surface area (Å²) in [5, 5.41) is 9.08. The molecular weight excluding hydrogens is 165 g/mol. The van der Waals surface area contributed by atoms with Gasteiger partial charge < -0.3 is 10.8 Å². The van der Waals surface area contributed by atoms with E-state index in [4.69, 9.17) is 10.8 Å². The number of hydrogen-bond acceptors (Lipinski definition) is 3. The minimum Gasteiger partial charge on any atom is -0.506 e. The van der Waals surface area contributed by atoms with Crippen LogP contribution in [0.2, 0.25) is 0 Å². The van der Waals surface area contributed by atoms with Crippen molar-refractivity contribution < 1.29 is 5.11 Å². The summed E-state index contributed by atoms with van der Waals surface area (Å²) in [7, 11) is 2.48. The van der Waals surface area contributed by atoms with Crippen LogP contribution in [0.25, 0.3) is 0 Å². The van der Waals surface area contributed by atoms with Crippen molar-refractivity contribution in [3.8, 4) is 5.75 Å². The predicted octanol–water partition coefficient (Wildman–Crippen LogP) is 1.86. The monoisotopic (exact) mass is 173 g/mol. The Labute approximate surface area is 65.8 Å². The highest BCUT2D eigenvalue weighted by Crippen LogP contribution is 2.34. The van der Waals surface area contributed by atoms with Gasteiger partial charge in [-0.1, -0.05) is 14.5 Å². The molecule has 2 nitrogen and oxygen atoms in total. The van der Waals surface area contributed by atoms with Crippen molar-refractivity contribution in [3.05, 3.63) is 18.2 Å². The number of nitrogen functional groups attached to an aromatic ring is 1. The molecule has 0 bridgehead atoms. The summed E-state index contributed by atoms with van der Waals surface area (Å²) < 4.78 is 0. The molecule has 0 aliphatic heterocycles. The van der Waals surface area contributed by atoms with Crippen LogP contribution in [0.4, 0.5) is 5.69 Å². The lowest BCUT2D eigenvalue weighted by molar-refractivity contribution is 0.477. The normalized spacial score (nSPS) is 9.70. The molecule has 1 rings (SSSR count). The number of aromatic hydroxyl groups is 1. The number of benzene rings is 1. The molecule has 4 heteroatoms. The first-order chi connectivity index (χ1) is 4.75. The summed E-state index contributed by atoms with van der Waals surface area (Å²) in [6, 6.07) is 5.19. The zero-order chi connectivity index (χ0) is 7.56. The number of anilines is 1. The van der Waals surface area contributed by atoms with Crippen molar-refractivity contribution in [3.63, 3.8) is 0 Å². The molecule has 0 amide bonds. The molecule has 1 atom stereocenters. The standard InChI is InChI=1S/C6H8NOPS/c7-6-4(8)2-1-3-5(6)10-9/h1-3,8H,7,9H2. The lowest BCUT2D eigenvalue weighted by atomic mass is 10.3. The third kappa shape index (κ3) is 1.36. The van der Waals surface area contributed by atoms with Crippen LogP contribution in [0.15, 0.2) is 23.1 Å². The summed E-state index contributed by atoms with van der Waals surface area (Å²) in [6.45, 7) is 0. The van der Waals surface area contributed by atoms with E-state index >= 15 is 0 Å². The minimum atomic E-state index is 0.146. The molecule has 1 aromatic carbocycles. The van der Waals surface area contributed by atoms with Gasteiger partial charge in [-0.2, -0.15) is 0 Å². The quantitative estimate of drug-likeness (QED) is 0.387. The maximum absolute atomic E-state index is 9.08. The maximum Gasteiger partial charge on any atom is 0.139 e. The molecule has 3 N–H and O–H groups in total. The van der Waals surface area contributed by atoms with E-state index in [1.165, 1.54) is 11.4 Å². The van der Waals surface area contributed by atoms with E-state index in [1.54, 1.807) is 12.1 Å². The Kier molecular flexibility index (Phi) is 2.41. The SMILES string of the molecule is Nc1c(O)cccc1SP. The van der Waals surface area contributed by atoms with Crippen LogP contribution >= 0.6 is 19.8 Å². The van der Waals surface area contributed by atoms with Crippen molar-refractivity contribution in [2.24, 2.45) is 0 Å². The molecule has 0 aliphatic carbocycles. The van der Waals surface area contributed by atoms with E-state index < -0.39 is 0 Å². The predicted molar refractivity (Wildman–Crippen MR) is 48.1 cm³/mol. The van der Waals surface area contributed by atoms with Gasteiger partial charge in [0.05, 0.1) is 5.69 Å². The minimum absolute atomic E-state index is 0.146. The Morgan fingerprint density at radius 1 is 1.50 bits per heavy atom. The number of phenols is 1. The van der Waals surface area contributed by atoms with Gasteiger partial charge in [0.15, 0.2) is 0 Å². The summed E-state index contributed by atoms with van der Waals surface area (Å²) >= 11 is 1.44. The van der Waals surface area contributed by atoms with Crippen molar-refractivity contribution in [2.75, 3.05) is 5.73 Å². The zero-order valence-corrected chi connectivity index (χ0v) is 7.21. The first kappa shape index (κ1) is 7.70. The lowest BCUT2D eigenvalue weighted by Gasteiger charge is -2.01. The molecule has 0 radical (unpaired) electrons. The highest BCUT2D eigenvalue weighted by molar-refractivity contribution is 8.43. The smallest absolute Gasteiger partial charge is 0.139 e. The molecule has 54 valence electrons. The van der Waals surface area contributed by atoms with Gasteiger partial charge in [-0.25, -0.2) is 0 Å². The van der Waals surface area contributed by atoms with Crippen LogP contribution in [0, 0.1) is 0 Å². The van der Waals surface area contributed by atoms with Crippen LogP contribution in [0.1, 0.15) is 0 Å². The van der Waals surface area contributed by atoms with Gasteiger partial charge in [-0.15, -0.1) is 11.4 Å². The van der Waals surface area contributed by atoms with Crippen LogP contribution in [0.5, 0.6) is 5.75 Å². The van der Waals surface area contributed by atoms with E-state index in [1.807, 2.05) is 6.07 Å². The van der Waals surface area contributed by atoms with E-state index in [-0.39, 0.29) is 5.75 Å². The van der Waals surface area contributed by atoms with Gasteiger partial charge >= 0.3 is 0 Å². The van der Waals surface area contributed by atoms with Gasteiger partial charge in [0.1, 0.15) is 5.75 Å². The van der Waals surface area contributed by atoms with Crippen LogP contribution in [-0.4, -0.2) is 5.11 Å². The van der Waals surface area contributed by atoms with Crippen LogP contribution < -0.4 is 5.73 Å². The van der Waals surface area contributed by atoms with Crippen molar-refractivity contribution >= 4 is 25.5 Å². The second-order valence-corrected chi connectivity index (χ2v) is 3.19. The summed E-state index contributed by atoms with van der Waals surface area (Å²) in [5.74, 6) is 0.146. The molecule has 1 aromatic rings. The van der Waals surface area contributed by atoms with E-state index in [9.17, 15) is 0 Å². The first-order valence-electron chi connectivity index (χ1n) is 2.70. The van der Waals surface area contributed by atoms with Gasteiger partial charge in [-0.05, 0) is 12.1 Å². The van der Waals surface area contributed by atoms with E-state index in [0.29, 0.717) is 5.69 Å². The summed E-state index contributed by atoms with van der Waals surface area (Å²) in [4.78, 5) is 0.880. The van der Waals surface area contributed by atoms with Gasteiger partial charge in [0.2, 0.25) is 0 Å². The van der Waals surface area contributed by atoms with Gasteiger partial charge in [-0.3, -0.25) is 0 Å². The molecule has 10 heavy (non-hydrogen) atoms. The molecular formula is C6H8NOPS. The molecule has 0 aromatic heterocycles. The molecule has 0 aliphatic rings. The zero-order valence-electron chi connectivity index (χ0n) is 5.24. The maximum atomic E-state index is 9.08. The Morgan fingerprint density at radius 3 is 2.70 bits per heavy atom. The topological polar surface area (TPSA) is 46.2 Å². The second kappa shape index (κ2) is 3.13. The third-order valence-electron chi connectivity index (χ3n) is 1.17. The first-order valence-corrected chi connectivity index (χ1v) is 4.99. The van der Waals surface area contributed by atoms with E-state index in [2.05, 4.69) is 8.44 Å². The number of nitrogens with two attached hydrogens (primary N) is 1. The molecule has 0 fully saturated rings. The third-order valence-corrected chi connectivity index (χ3v) is 2.54. The number of phenolic OH excluding ortho intramolecular Hbond substituents is 1. The Balaban J connectivity index is 3.14. The molecule has 0 spiro atoms. The van der Waals surface area contributed by atoms with Crippen LogP contribution in [-0.2, 0) is 0 Å². The Bertz CT molecular complexity index is 241. The molecule has 0 saturated carbocycles. The molecule has 1 unspecified atom stereocenters. The number of rotatable bonds is 1. The number of para-hydroxylation sites is 1. The fraction of sp³-hybridized carbons (Fsp3) is 0. The van der Waals surface area contributed by atoms with Gasteiger partial charge in [0, 0.05) is 4.90 Å². The van der Waals surface area contributed by atoms with Crippen molar-refractivity contribution in [2.45, 2.75) is 4.90 Å². The van der Waals surface area contributed by atoms with Gasteiger partial charge in [0.25, 0.3) is 0 Å². The largest absolute Gasteiger partial charge is 0.506 e. The van der Waals surface area contributed by atoms with Crippen molar-refractivity contribution in [1.29, 1.82) is 0 Å². The summed E-state index contributed by atoms with van der Waals surface area (Å²) in [6.07, 6.45) is 0. The second-order valence-electron chi connectivity index (χ2n) is 1.81. The number of hydrogen-bond donors (Lipinski definition) is 2. The van der Waals surface area contributed by atoms with E-state index in [0.717, 1.165) is 4.90 Å². The lowest BCUT2D eigenvalue weighted by Crippen LogP contribution is -1.86. The average Bonchev–Trinajstić information content (AvgIpc) is 1.95.